The lowest BCUT2D eigenvalue weighted by Crippen LogP contribution is -2.05. The maximum Gasteiger partial charge on any atom is 0.114 e. The summed E-state index contributed by atoms with van der Waals surface area (Å²) in [4.78, 5) is 0. The molecule has 0 heterocycles. The molecule has 0 amide bonds. The number of halogens is 2. The molecule has 94 valence electrons. The number of anilines is 1. The molecule has 0 unspecified atom stereocenters. The summed E-state index contributed by atoms with van der Waals surface area (Å²) in [7, 11) is 6.18. The zero-order valence-corrected chi connectivity index (χ0v) is 14.1. The van der Waals surface area contributed by atoms with Gasteiger partial charge in [0.25, 0.3) is 0 Å². The highest BCUT2D eigenvalue weighted by atomic mass is 127. The van der Waals surface area contributed by atoms with Gasteiger partial charge in [-0.15, -0.1) is 0 Å². The van der Waals surface area contributed by atoms with Crippen LogP contribution in [0.2, 0.25) is 0 Å². The lowest BCUT2D eigenvalue weighted by Gasteiger charge is -2.16. The summed E-state index contributed by atoms with van der Waals surface area (Å²) in [6.07, 6.45) is 0. The van der Waals surface area contributed by atoms with Crippen LogP contribution in [0.3, 0.4) is 0 Å². The van der Waals surface area contributed by atoms with Crippen molar-refractivity contribution in [3.8, 4) is 0 Å². The van der Waals surface area contributed by atoms with Crippen molar-refractivity contribution in [2.45, 2.75) is 0 Å². The van der Waals surface area contributed by atoms with Gasteiger partial charge >= 0.3 is 0 Å². The fraction of sp³-hybridized carbons (Fsp3) is 0. The Kier molecular flexibility index (Phi) is 2.70. The summed E-state index contributed by atoms with van der Waals surface area (Å²) in [6, 6.07) is 12.4. The highest BCUT2D eigenvalue weighted by Crippen LogP contribution is 2.40. The lowest BCUT2D eigenvalue weighted by atomic mass is 9.85. The van der Waals surface area contributed by atoms with Gasteiger partial charge in [0.2, 0.25) is 0 Å². The van der Waals surface area contributed by atoms with Gasteiger partial charge in [0, 0.05) is 24.5 Å². The van der Waals surface area contributed by atoms with Crippen LogP contribution in [0.15, 0.2) is 40.9 Å². The first-order chi connectivity index (χ1) is 9.58. The van der Waals surface area contributed by atoms with E-state index in [2.05, 4.69) is 62.8 Å². The number of rotatable bonds is 0. The van der Waals surface area contributed by atoms with Gasteiger partial charge in [-0.1, -0.05) is 51.7 Å². The topological polar surface area (TPSA) is 26.0 Å². The van der Waals surface area contributed by atoms with Crippen LogP contribution in [-0.4, -0.2) is 7.85 Å². The van der Waals surface area contributed by atoms with E-state index < -0.39 is 0 Å². The average Bonchev–Trinajstić information content (AvgIpc) is 2.42. The van der Waals surface area contributed by atoms with Gasteiger partial charge in [0.15, 0.2) is 0 Å². The molecular formula is C16H8BBrIN. The third-order valence-electron chi connectivity index (χ3n) is 3.86. The number of hydrogen-bond donors (Lipinski definition) is 1. The van der Waals surface area contributed by atoms with Crippen molar-refractivity contribution in [1.82, 2.24) is 0 Å². The summed E-state index contributed by atoms with van der Waals surface area (Å²) in [6.45, 7) is 0. The fourth-order valence-corrected chi connectivity index (χ4v) is 4.32. The van der Waals surface area contributed by atoms with Crippen molar-refractivity contribution in [1.29, 1.82) is 0 Å². The van der Waals surface area contributed by atoms with Crippen molar-refractivity contribution >= 4 is 89.8 Å². The third-order valence-corrected chi connectivity index (χ3v) is 5.41. The maximum absolute atomic E-state index is 6.20. The van der Waals surface area contributed by atoms with Crippen LogP contribution in [-0.2, 0) is 0 Å². The van der Waals surface area contributed by atoms with E-state index in [1.807, 2.05) is 12.1 Å². The van der Waals surface area contributed by atoms with E-state index in [0.29, 0.717) is 0 Å². The minimum atomic E-state index is 0.788. The van der Waals surface area contributed by atoms with E-state index in [1.165, 1.54) is 25.1 Å². The van der Waals surface area contributed by atoms with E-state index in [1.54, 1.807) is 0 Å². The molecule has 0 saturated heterocycles. The van der Waals surface area contributed by atoms with E-state index in [9.17, 15) is 0 Å². The van der Waals surface area contributed by atoms with E-state index in [4.69, 9.17) is 13.6 Å². The first kappa shape index (κ1) is 12.7. The van der Waals surface area contributed by atoms with Crippen molar-refractivity contribution in [2.75, 3.05) is 5.73 Å². The Bertz CT molecular complexity index is 843. The van der Waals surface area contributed by atoms with Gasteiger partial charge in [-0.3, -0.25) is 0 Å². The number of nitrogen functional groups attached to an aromatic ring is 1. The molecule has 20 heavy (non-hydrogen) atoms. The Morgan fingerprint density at radius 3 is 2.30 bits per heavy atom. The van der Waals surface area contributed by atoms with Crippen LogP contribution in [0.25, 0.3) is 32.3 Å². The molecule has 0 aromatic heterocycles. The second-order valence-corrected chi connectivity index (χ2v) is 6.98. The zero-order chi connectivity index (χ0) is 14.0. The Labute approximate surface area is 139 Å². The summed E-state index contributed by atoms with van der Waals surface area (Å²) >= 11 is 5.96. The largest absolute Gasteiger partial charge is 0.398 e. The van der Waals surface area contributed by atoms with Crippen molar-refractivity contribution < 1.29 is 0 Å². The molecule has 4 aromatic carbocycles. The summed E-state index contributed by atoms with van der Waals surface area (Å²) in [5.41, 5.74) is 7.80. The Balaban J connectivity index is 2.47. The molecule has 2 radical (unpaired) electrons. The molecular weight excluding hydrogens is 424 g/mol. The molecule has 4 rings (SSSR count). The maximum atomic E-state index is 6.20. The molecule has 4 aromatic rings. The average molecular weight is 432 g/mol. The van der Waals surface area contributed by atoms with Crippen molar-refractivity contribution in [3.63, 3.8) is 0 Å². The van der Waals surface area contributed by atoms with Gasteiger partial charge in [-0.2, -0.15) is 0 Å². The van der Waals surface area contributed by atoms with Crippen LogP contribution >= 0.6 is 38.5 Å². The molecule has 0 bridgehead atoms. The van der Waals surface area contributed by atoms with Gasteiger partial charge in [-0.25, -0.2) is 0 Å². The molecule has 4 heteroatoms. The number of hydrogen-bond acceptors (Lipinski definition) is 1. The van der Waals surface area contributed by atoms with Gasteiger partial charge in [-0.05, 0) is 50.2 Å². The number of benzene rings is 4. The normalized spacial score (nSPS) is 11.9. The lowest BCUT2D eigenvalue weighted by molar-refractivity contribution is 1.72. The van der Waals surface area contributed by atoms with Crippen molar-refractivity contribution in [3.05, 3.63) is 44.4 Å². The summed E-state index contributed by atoms with van der Waals surface area (Å²) < 4.78 is 2.19. The van der Waals surface area contributed by atoms with Gasteiger partial charge in [0.05, 0.1) is 0 Å². The first-order valence-electron chi connectivity index (χ1n) is 6.18. The zero-order valence-electron chi connectivity index (χ0n) is 10.4. The van der Waals surface area contributed by atoms with Gasteiger partial charge in [0.1, 0.15) is 7.85 Å². The number of nitrogens with two attached hydrogens (primary N) is 1. The quantitative estimate of drug-likeness (QED) is 0.191. The molecule has 0 aliphatic rings. The van der Waals surface area contributed by atoms with Crippen LogP contribution < -0.4 is 11.2 Å². The minimum Gasteiger partial charge on any atom is -0.398 e. The second kappa shape index (κ2) is 4.24. The molecule has 0 atom stereocenters. The molecule has 2 N–H and O–H groups in total. The molecule has 0 aliphatic heterocycles. The third kappa shape index (κ3) is 1.55. The second-order valence-electron chi connectivity index (χ2n) is 4.97. The van der Waals surface area contributed by atoms with Crippen LogP contribution in [0.5, 0.6) is 0 Å². The minimum absolute atomic E-state index is 0.788. The van der Waals surface area contributed by atoms with Gasteiger partial charge < -0.3 is 5.73 Å². The molecule has 0 saturated carbocycles. The Morgan fingerprint density at radius 1 is 0.900 bits per heavy atom. The molecule has 0 aliphatic carbocycles. The standard InChI is InChI=1S/C16H8BBrIN/c17-11-5-12(18)8-2-4-10-14(20)6-13(19)9-3-1-7(11)15(8)16(9)10/h1-6H,20H2. The predicted molar refractivity (Wildman–Crippen MR) is 100 cm³/mol. The Morgan fingerprint density at radius 2 is 1.50 bits per heavy atom. The fourth-order valence-electron chi connectivity index (χ4n) is 2.96. The monoisotopic (exact) mass is 431 g/mol. The molecule has 0 spiro atoms. The van der Waals surface area contributed by atoms with E-state index in [0.717, 1.165) is 26.4 Å². The van der Waals surface area contributed by atoms with Crippen LogP contribution in [0, 0.1) is 3.57 Å². The highest BCUT2D eigenvalue weighted by molar-refractivity contribution is 14.1. The smallest absolute Gasteiger partial charge is 0.114 e. The molecule has 0 fully saturated rings. The van der Waals surface area contributed by atoms with E-state index >= 15 is 0 Å². The van der Waals surface area contributed by atoms with Crippen LogP contribution in [0.1, 0.15) is 0 Å². The summed E-state index contributed by atoms with van der Waals surface area (Å²) in [5, 5.41) is 6.98. The Hall–Kier alpha value is -1.01. The molecule has 1 nitrogen and oxygen atoms in total. The van der Waals surface area contributed by atoms with Crippen molar-refractivity contribution in [2.24, 2.45) is 0 Å². The SMILES string of the molecule is [B]c1cc(Br)c2ccc3c(N)cc(I)c4ccc1c2c34. The first-order valence-corrected chi connectivity index (χ1v) is 8.05. The van der Waals surface area contributed by atoms with Crippen LogP contribution in [0.4, 0.5) is 5.69 Å². The summed E-state index contributed by atoms with van der Waals surface area (Å²) in [5.74, 6) is 0. The predicted octanol–water partition coefficient (Wildman–Crippen LogP) is 4.33. The highest BCUT2D eigenvalue weighted by Gasteiger charge is 2.14. The van der Waals surface area contributed by atoms with E-state index in [-0.39, 0.29) is 0 Å².